The first kappa shape index (κ1) is 11.0. The third kappa shape index (κ3) is 1.70. The van der Waals surface area contributed by atoms with Gasteiger partial charge < -0.3 is 4.57 Å². The number of aromatic nitrogens is 2. The van der Waals surface area contributed by atoms with Gasteiger partial charge >= 0.3 is 0 Å². The van der Waals surface area contributed by atoms with Gasteiger partial charge in [0.15, 0.2) is 0 Å². The fraction of sp³-hybridized carbons (Fsp3) is 0.188. The first-order valence-electron chi connectivity index (χ1n) is 6.21. The van der Waals surface area contributed by atoms with Crippen LogP contribution in [-0.4, -0.2) is 9.55 Å². The molecule has 3 rings (SSSR count). The Bertz CT molecular complexity index is 668. The summed E-state index contributed by atoms with van der Waals surface area (Å²) in [5, 5.41) is 1.34. The number of fused-ring (bicyclic) bond motifs is 1. The second-order valence-electron chi connectivity index (χ2n) is 4.71. The molecule has 0 saturated carbocycles. The average Bonchev–Trinajstić information content (AvgIpc) is 2.77. The van der Waals surface area contributed by atoms with Gasteiger partial charge in [-0.05, 0) is 29.3 Å². The molecule has 2 aromatic heterocycles. The molecule has 1 aromatic carbocycles. The van der Waals surface area contributed by atoms with E-state index in [9.17, 15) is 0 Å². The summed E-state index contributed by atoms with van der Waals surface area (Å²) in [4.78, 5) is 4.08. The highest BCUT2D eigenvalue weighted by Crippen LogP contribution is 2.31. The van der Waals surface area contributed by atoms with E-state index >= 15 is 0 Å². The Labute approximate surface area is 107 Å². The highest BCUT2D eigenvalue weighted by atomic mass is 14.9. The minimum atomic E-state index is 0.388. The Morgan fingerprint density at radius 1 is 1.06 bits per heavy atom. The summed E-state index contributed by atoms with van der Waals surface area (Å²) in [6, 6.07) is 12.7. The number of hydrogen-bond donors (Lipinski definition) is 0. The smallest absolute Gasteiger partial charge is 0.0480 e. The zero-order valence-corrected chi connectivity index (χ0v) is 10.7. The largest absolute Gasteiger partial charge is 0.350 e. The molecule has 1 unspecified atom stereocenters. The molecule has 18 heavy (non-hydrogen) atoms. The van der Waals surface area contributed by atoms with Crippen molar-refractivity contribution < 1.29 is 0 Å². The third-order valence-corrected chi connectivity index (χ3v) is 3.60. The van der Waals surface area contributed by atoms with Crippen molar-refractivity contribution >= 4 is 10.9 Å². The van der Waals surface area contributed by atoms with Crippen LogP contribution in [-0.2, 0) is 7.05 Å². The predicted molar refractivity (Wildman–Crippen MR) is 74.7 cm³/mol. The van der Waals surface area contributed by atoms with Crippen molar-refractivity contribution in [3.05, 3.63) is 66.1 Å². The van der Waals surface area contributed by atoms with E-state index in [0.29, 0.717) is 5.92 Å². The van der Waals surface area contributed by atoms with E-state index in [1.54, 1.807) is 0 Å². The summed E-state index contributed by atoms with van der Waals surface area (Å²) < 4.78 is 2.20. The SMILES string of the molecule is CC(c1ccncc1)c1cn(C)c2ccccc12. The Kier molecular flexibility index (Phi) is 2.63. The number of aryl methyl sites for hydroxylation is 1. The number of rotatable bonds is 2. The molecule has 0 radical (unpaired) electrons. The topological polar surface area (TPSA) is 17.8 Å². The van der Waals surface area contributed by atoms with Crippen molar-refractivity contribution in [2.24, 2.45) is 7.05 Å². The number of pyridine rings is 1. The quantitative estimate of drug-likeness (QED) is 0.663. The van der Waals surface area contributed by atoms with E-state index in [2.05, 4.69) is 66.1 Å². The molecule has 0 aliphatic carbocycles. The van der Waals surface area contributed by atoms with Crippen LogP contribution >= 0.6 is 0 Å². The molecule has 0 amide bonds. The first-order valence-corrected chi connectivity index (χ1v) is 6.21. The molecule has 0 N–H and O–H groups in total. The van der Waals surface area contributed by atoms with Crippen molar-refractivity contribution in [3.8, 4) is 0 Å². The monoisotopic (exact) mass is 236 g/mol. The van der Waals surface area contributed by atoms with Crippen LogP contribution < -0.4 is 0 Å². The Morgan fingerprint density at radius 2 is 1.78 bits per heavy atom. The molecule has 0 aliphatic rings. The minimum absolute atomic E-state index is 0.388. The van der Waals surface area contributed by atoms with Crippen molar-refractivity contribution in [3.63, 3.8) is 0 Å². The predicted octanol–water partition coefficient (Wildman–Crippen LogP) is 3.73. The van der Waals surface area contributed by atoms with Crippen molar-refractivity contribution in [1.29, 1.82) is 0 Å². The normalized spacial score (nSPS) is 12.8. The summed E-state index contributed by atoms with van der Waals surface area (Å²) in [6.07, 6.45) is 5.95. The van der Waals surface area contributed by atoms with Gasteiger partial charge in [-0.25, -0.2) is 0 Å². The van der Waals surface area contributed by atoms with Crippen molar-refractivity contribution in [2.75, 3.05) is 0 Å². The van der Waals surface area contributed by atoms with Gasteiger partial charge in [-0.15, -0.1) is 0 Å². The fourth-order valence-electron chi connectivity index (χ4n) is 2.55. The number of nitrogens with zero attached hydrogens (tertiary/aromatic N) is 2. The van der Waals surface area contributed by atoms with Gasteiger partial charge in [-0.3, -0.25) is 4.98 Å². The summed E-state index contributed by atoms with van der Waals surface area (Å²) in [6.45, 7) is 2.25. The van der Waals surface area contributed by atoms with Crippen LogP contribution in [0, 0.1) is 0 Å². The second kappa shape index (κ2) is 4.30. The van der Waals surface area contributed by atoms with E-state index in [-0.39, 0.29) is 0 Å². The fourth-order valence-corrected chi connectivity index (χ4v) is 2.55. The maximum Gasteiger partial charge on any atom is 0.0480 e. The Morgan fingerprint density at radius 3 is 2.56 bits per heavy atom. The third-order valence-electron chi connectivity index (χ3n) is 3.60. The van der Waals surface area contributed by atoms with Gasteiger partial charge in [0.25, 0.3) is 0 Å². The first-order chi connectivity index (χ1) is 8.77. The molecule has 0 aliphatic heterocycles. The molecule has 90 valence electrons. The lowest BCUT2D eigenvalue weighted by atomic mass is 9.94. The van der Waals surface area contributed by atoms with Crippen molar-refractivity contribution in [2.45, 2.75) is 12.8 Å². The van der Waals surface area contributed by atoms with Crippen LogP contribution in [0.15, 0.2) is 55.0 Å². The van der Waals surface area contributed by atoms with Crippen LogP contribution in [0.5, 0.6) is 0 Å². The minimum Gasteiger partial charge on any atom is -0.350 e. The number of hydrogen-bond acceptors (Lipinski definition) is 1. The van der Waals surface area contributed by atoms with Crippen molar-refractivity contribution in [1.82, 2.24) is 9.55 Å². The summed E-state index contributed by atoms with van der Waals surface area (Å²) in [5.74, 6) is 0.388. The lowest BCUT2D eigenvalue weighted by molar-refractivity contribution is 0.896. The second-order valence-corrected chi connectivity index (χ2v) is 4.71. The molecular formula is C16H16N2. The maximum atomic E-state index is 4.08. The van der Waals surface area contributed by atoms with E-state index in [1.165, 1.54) is 22.0 Å². The Hall–Kier alpha value is -2.09. The molecule has 2 heterocycles. The van der Waals surface area contributed by atoms with Crippen LogP contribution in [0.4, 0.5) is 0 Å². The molecule has 0 saturated heterocycles. The van der Waals surface area contributed by atoms with Gasteiger partial charge in [0.1, 0.15) is 0 Å². The molecule has 1 atom stereocenters. The summed E-state index contributed by atoms with van der Waals surface area (Å²) in [7, 11) is 2.10. The van der Waals surface area contributed by atoms with Gasteiger partial charge in [-0.2, -0.15) is 0 Å². The Balaban J connectivity index is 2.15. The highest BCUT2D eigenvalue weighted by molar-refractivity contribution is 5.84. The van der Waals surface area contributed by atoms with E-state index in [4.69, 9.17) is 0 Å². The lowest BCUT2D eigenvalue weighted by Crippen LogP contribution is -1.95. The molecular weight excluding hydrogens is 220 g/mol. The molecule has 2 nitrogen and oxygen atoms in total. The average molecular weight is 236 g/mol. The number of para-hydroxylation sites is 1. The molecule has 3 aromatic rings. The molecule has 0 fully saturated rings. The van der Waals surface area contributed by atoms with Gasteiger partial charge in [0, 0.05) is 42.5 Å². The van der Waals surface area contributed by atoms with E-state index in [1.807, 2.05) is 12.4 Å². The van der Waals surface area contributed by atoms with Crippen LogP contribution in [0.3, 0.4) is 0 Å². The van der Waals surface area contributed by atoms with Gasteiger partial charge in [0.05, 0.1) is 0 Å². The molecule has 0 spiro atoms. The maximum absolute atomic E-state index is 4.08. The van der Waals surface area contributed by atoms with Crippen LogP contribution in [0.2, 0.25) is 0 Å². The summed E-state index contributed by atoms with van der Waals surface area (Å²) >= 11 is 0. The molecule has 0 bridgehead atoms. The highest BCUT2D eigenvalue weighted by Gasteiger charge is 2.14. The van der Waals surface area contributed by atoms with Gasteiger partial charge in [0.2, 0.25) is 0 Å². The van der Waals surface area contributed by atoms with E-state index < -0.39 is 0 Å². The van der Waals surface area contributed by atoms with Gasteiger partial charge in [-0.1, -0.05) is 25.1 Å². The standard InChI is InChI=1S/C16H16N2/c1-12(13-7-9-17-10-8-13)15-11-18(2)16-6-4-3-5-14(15)16/h3-12H,1-2H3. The number of benzene rings is 1. The molecule has 2 heteroatoms. The zero-order valence-electron chi connectivity index (χ0n) is 10.7. The lowest BCUT2D eigenvalue weighted by Gasteiger charge is -2.10. The van der Waals surface area contributed by atoms with Crippen LogP contribution in [0.1, 0.15) is 24.0 Å². The van der Waals surface area contributed by atoms with Crippen LogP contribution in [0.25, 0.3) is 10.9 Å². The van der Waals surface area contributed by atoms with E-state index in [0.717, 1.165) is 0 Å². The zero-order chi connectivity index (χ0) is 12.5. The summed E-state index contributed by atoms with van der Waals surface area (Å²) in [5.41, 5.74) is 3.97.